The van der Waals surface area contributed by atoms with E-state index in [4.69, 9.17) is 4.74 Å². The van der Waals surface area contributed by atoms with Gasteiger partial charge in [0.1, 0.15) is 5.75 Å². The van der Waals surface area contributed by atoms with E-state index in [2.05, 4.69) is 10.1 Å². The Morgan fingerprint density at radius 2 is 1.82 bits per heavy atom. The van der Waals surface area contributed by atoms with Gasteiger partial charge in [0.05, 0.1) is 6.61 Å². The van der Waals surface area contributed by atoms with Gasteiger partial charge in [-0.05, 0) is 31.2 Å². The molecule has 0 spiro atoms. The number of rotatable bonds is 5. The number of anilines is 1. The molecule has 0 saturated heterocycles. The lowest BCUT2D eigenvalue weighted by Crippen LogP contribution is -2.20. The number of nitrogens with one attached hydrogen (secondary N) is 1. The first-order chi connectivity index (χ1) is 7.90. The summed E-state index contributed by atoms with van der Waals surface area (Å²) in [6, 6.07) is 5.64. The quantitative estimate of drug-likeness (QED) is 0.870. The van der Waals surface area contributed by atoms with Gasteiger partial charge in [-0.1, -0.05) is 0 Å². The third kappa shape index (κ3) is 5.44. The molecule has 1 unspecified atom stereocenters. The van der Waals surface area contributed by atoms with Gasteiger partial charge in [-0.25, -0.2) is 0 Å². The first kappa shape index (κ1) is 13.6. The summed E-state index contributed by atoms with van der Waals surface area (Å²) in [5.74, 6) is -0.234. The van der Waals surface area contributed by atoms with Gasteiger partial charge in [-0.2, -0.15) is 0 Å². The molecule has 17 heavy (non-hydrogen) atoms. The highest BCUT2D eigenvalue weighted by atomic mass is 19.4. The number of alkyl halides is 3. The molecular formula is C11H14F3NO2. The Labute approximate surface area is 97.5 Å². The molecule has 1 aromatic carbocycles. The van der Waals surface area contributed by atoms with Crippen LogP contribution in [-0.2, 0) is 4.74 Å². The standard InChI is InChI=1S/C11H14F3NO2/c1-8(7-16-2)15-9-3-5-10(6-4-9)17-11(12,13)14/h3-6,8,15H,7H2,1-2H3. The van der Waals surface area contributed by atoms with E-state index in [1.807, 2.05) is 6.92 Å². The van der Waals surface area contributed by atoms with E-state index in [1.54, 1.807) is 7.11 Å². The zero-order valence-electron chi connectivity index (χ0n) is 9.54. The third-order valence-corrected chi connectivity index (χ3v) is 1.92. The Balaban J connectivity index is 2.56. The maximum atomic E-state index is 11.9. The monoisotopic (exact) mass is 249 g/mol. The lowest BCUT2D eigenvalue weighted by molar-refractivity contribution is -0.274. The van der Waals surface area contributed by atoms with Crippen LogP contribution >= 0.6 is 0 Å². The number of methoxy groups -OCH3 is 1. The summed E-state index contributed by atoms with van der Waals surface area (Å²) < 4.78 is 44.4. The predicted octanol–water partition coefficient (Wildman–Crippen LogP) is 3.03. The van der Waals surface area contributed by atoms with E-state index < -0.39 is 6.36 Å². The van der Waals surface area contributed by atoms with Crippen molar-refractivity contribution in [2.45, 2.75) is 19.3 Å². The van der Waals surface area contributed by atoms with Crippen molar-refractivity contribution >= 4 is 5.69 Å². The zero-order valence-corrected chi connectivity index (χ0v) is 9.54. The van der Waals surface area contributed by atoms with Crippen molar-refractivity contribution in [3.05, 3.63) is 24.3 Å². The summed E-state index contributed by atoms with van der Waals surface area (Å²) in [5, 5.41) is 3.07. The summed E-state index contributed by atoms with van der Waals surface area (Å²) in [6.07, 6.45) is -4.65. The molecule has 0 radical (unpaired) electrons. The first-order valence-corrected chi connectivity index (χ1v) is 5.02. The van der Waals surface area contributed by atoms with Gasteiger partial charge in [-0.3, -0.25) is 0 Å². The SMILES string of the molecule is COCC(C)Nc1ccc(OC(F)(F)F)cc1. The van der Waals surface area contributed by atoms with Crippen LogP contribution in [0.2, 0.25) is 0 Å². The molecule has 0 fully saturated rings. The lowest BCUT2D eigenvalue weighted by atomic mass is 10.2. The van der Waals surface area contributed by atoms with Gasteiger partial charge in [0.25, 0.3) is 0 Å². The Morgan fingerprint density at radius 1 is 1.24 bits per heavy atom. The molecule has 6 heteroatoms. The number of ether oxygens (including phenoxy) is 2. The molecular weight excluding hydrogens is 235 g/mol. The summed E-state index contributed by atoms with van der Waals surface area (Å²) in [6.45, 7) is 2.42. The molecule has 0 heterocycles. The highest BCUT2D eigenvalue weighted by Crippen LogP contribution is 2.24. The van der Waals surface area contributed by atoms with Crippen LogP contribution in [0.25, 0.3) is 0 Å². The van der Waals surface area contributed by atoms with Gasteiger partial charge < -0.3 is 14.8 Å². The van der Waals surface area contributed by atoms with Crippen LogP contribution in [0.15, 0.2) is 24.3 Å². The summed E-state index contributed by atoms with van der Waals surface area (Å²) in [7, 11) is 1.58. The molecule has 0 aromatic heterocycles. The minimum Gasteiger partial charge on any atom is -0.406 e. The molecule has 0 bridgehead atoms. The van der Waals surface area contributed by atoms with Gasteiger partial charge in [-0.15, -0.1) is 13.2 Å². The van der Waals surface area contributed by atoms with Gasteiger partial charge in [0.2, 0.25) is 0 Å². The molecule has 1 rings (SSSR count). The van der Waals surface area contributed by atoms with Crippen LogP contribution in [0.5, 0.6) is 5.75 Å². The van der Waals surface area contributed by atoms with E-state index in [9.17, 15) is 13.2 Å². The average Bonchev–Trinajstić information content (AvgIpc) is 2.19. The van der Waals surface area contributed by atoms with E-state index in [-0.39, 0.29) is 11.8 Å². The Hall–Kier alpha value is -1.43. The minimum absolute atomic E-state index is 0.0781. The fourth-order valence-electron chi connectivity index (χ4n) is 1.33. The van der Waals surface area contributed by atoms with Crippen LogP contribution in [0.3, 0.4) is 0 Å². The van der Waals surface area contributed by atoms with Crippen LogP contribution in [0, 0.1) is 0 Å². The maximum absolute atomic E-state index is 11.9. The van der Waals surface area contributed by atoms with E-state index >= 15 is 0 Å². The van der Waals surface area contributed by atoms with Crippen molar-refractivity contribution in [2.24, 2.45) is 0 Å². The van der Waals surface area contributed by atoms with Crippen molar-refractivity contribution in [2.75, 3.05) is 19.0 Å². The molecule has 1 N–H and O–H groups in total. The maximum Gasteiger partial charge on any atom is 0.573 e. The largest absolute Gasteiger partial charge is 0.573 e. The van der Waals surface area contributed by atoms with Crippen LogP contribution < -0.4 is 10.1 Å². The molecule has 1 aromatic rings. The smallest absolute Gasteiger partial charge is 0.406 e. The van der Waals surface area contributed by atoms with Crippen molar-refractivity contribution < 1.29 is 22.6 Å². The predicted molar refractivity (Wildman–Crippen MR) is 58.1 cm³/mol. The Morgan fingerprint density at radius 3 is 2.29 bits per heavy atom. The normalized spacial score (nSPS) is 13.2. The highest BCUT2D eigenvalue weighted by molar-refractivity contribution is 5.47. The van der Waals surface area contributed by atoms with Crippen LogP contribution in [-0.4, -0.2) is 26.1 Å². The summed E-state index contributed by atoms with van der Waals surface area (Å²) >= 11 is 0. The van der Waals surface area contributed by atoms with Gasteiger partial charge in [0.15, 0.2) is 0 Å². The molecule has 0 aliphatic carbocycles. The van der Waals surface area contributed by atoms with E-state index in [1.165, 1.54) is 24.3 Å². The Kier molecular flexibility index (Phi) is 4.62. The number of hydrogen-bond acceptors (Lipinski definition) is 3. The fourth-order valence-corrected chi connectivity index (χ4v) is 1.33. The van der Waals surface area contributed by atoms with Crippen molar-refractivity contribution in [1.82, 2.24) is 0 Å². The lowest BCUT2D eigenvalue weighted by Gasteiger charge is -2.15. The van der Waals surface area contributed by atoms with Gasteiger partial charge >= 0.3 is 6.36 Å². The summed E-state index contributed by atoms with van der Waals surface area (Å²) in [4.78, 5) is 0. The molecule has 1 atom stereocenters. The molecule has 0 amide bonds. The molecule has 0 saturated carbocycles. The number of halogens is 3. The van der Waals surface area contributed by atoms with Crippen molar-refractivity contribution in [3.63, 3.8) is 0 Å². The molecule has 0 aliphatic heterocycles. The fraction of sp³-hybridized carbons (Fsp3) is 0.455. The molecule has 3 nitrogen and oxygen atoms in total. The number of hydrogen-bond donors (Lipinski definition) is 1. The van der Waals surface area contributed by atoms with Crippen molar-refractivity contribution in [3.8, 4) is 5.75 Å². The van der Waals surface area contributed by atoms with Crippen molar-refractivity contribution in [1.29, 1.82) is 0 Å². The number of benzene rings is 1. The van der Waals surface area contributed by atoms with E-state index in [0.717, 1.165) is 0 Å². The second kappa shape index (κ2) is 5.77. The third-order valence-electron chi connectivity index (χ3n) is 1.92. The zero-order chi connectivity index (χ0) is 12.9. The van der Waals surface area contributed by atoms with Crippen LogP contribution in [0.1, 0.15) is 6.92 Å². The molecule has 0 aliphatic rings. The average molecular weight is 249 g/mol. The topological polar surface area (TPSA) is 30.5 Å². The molecule has 96 valence electrons. The van der Waals surface area contributed by atoms with E-state index in [0.29, 0.717) is 12.3 Å². The highest BCUT2D eigenvalue weighted by Gasteiger charge is 2.30. The minimum atomic E-state index is -4.65. The Bertz CT molecular complexity index is 338. The second-order valence-electron chi connectivity index (χ2n) is 3.57. The van der Waals surface area contributed by atoms with Crippen LogP contribution in [0.4, 0.5) is 18.9 Å². The second-order valence-corrected chi connectivity index (χ2v) is 3.57. The first-order valence-electron chi connectivity index (χ1n) is 5.02. The summed E-state index contributed by atoms with van der Waals surface area (Å²) in [5.41, 5.74) is 0.712. The van der Waals surface area contributed by atoms with Gasteiger partial charge in [0, 0.05) is 18.8 Å².